The first-order chi connectivity index (χ1) is 13.8. The van der Waals surface area contributed by atoms with Gasteiger partial charge < -0.3 is 5.32 Å². The SMILES string of the molecule is CC(=O)c1cccc(NC(=O)c2cc(-c3cccs3)n(C3CCS(=O)(=O)C3)n2)c1. The van der Waals surface area contributed by atoms with Crippen LogP contribution in [0.4, 0.5) is 5.69 Å². The summed E-state index contributed by atoms with van der Waals surface area (Å²) >= 11 is 1.50. The second-order valence-corrected chi connectivity index (χ2v) is 10.2. The number of nitrogens with one attached hydrogen (secondary N) is 1. The molecule has 29 heavy (non-hydrogen) atoms. The molecule has 7 nitrogen and oxygen atoms in total. The number of aromatic nitrogens is 2. The van der Waals surface area contributed by atoms with Gasteiger partial charge in [-0.25, -0.2) is 8.42 Å². The van der Waals surface area contributed by atoms with E-state index >= 15 is 0 Å². The fraction of sp³-hybridized carbons (Fsp3) is 0.250. The fourth-order valence-electron chi connectivity index (χ4n) is 3.37. The van der Waals surface area contributed by atoms with Crippen molar-refractivity contribution in [2.45, 2.75) is 19.4 Å². The highest BCUT2D eigenvalue weighted by molar-refractivity contribution is 7.91. The highest BCUT2D eigenvalue weighted by atomic mass is 32.2. The van der Waals surface area contributed by atoms with E-state index in [9.17, 15) is 18.0 Å². The highest BCUT2D eigenvalue weighted by Crippen LogP contribution is 2.32. The van der Waals surface area contributed by atoms with Crippen molar-refractivity contribution in [2.75, 3.05) is 16.8 Å². The summed E-state index contributed by atoms with van der Waals surface area (Å²) in [5, 5.41) is 9.13. The number of benzene rings is 1. The monoisotopic (exact) mass is 429 g/mol. The van der Waals surface area contributed by atoms with Crippen molar-refractivity contribution >= 4 is 38.6 Å². The first-order valence-electron chi connectivity index (χ1n) is 9.08. The van der Waals surface area contributed by atoms with Crippen LogP contribution in [0.25, 0.3) is 10.6 Å². The van der Waals surface area contributed by atoms with Crippen molar-refractivity contribution in [3.8, 4) is 10.6 Å². The van der Waals surface area contributed by atoms with Gasteiger partial charge in [-0.15, -0.1) is 11.3 Å². The van der Waals surface area contributed by atoms with Crippen LogP contribution in [0, 0.1) is 0 Å². The predicted octanol–water partition coefficient (Wildman–Crippen LogP) is 3.43. The largest absolute Gasteiger partial charge is 0.321 e. The van der Waals surface area contributed by atoms with E-state index in [0.717, 1.165) is 10.6 Å². The number of hydrogen-bond donors (Lipinski definition) is 1. The van der Waals surface area contributed by atoms with Crippen molar-refractivity contribution in [1.29, 1.82) is 0 Å². The molecule has 0 radical (unpaired) electrons. The Labute approximate surface area is 172 Å². The molecular formula is C20H19N3O4S2. The van der Waals surface area contributed by atoms with E-state index in [-0.39, 0.29) is 29.0 Å². The summed E-state index contributed by atoms with van der Waals surface area (Å²) < 4.78 is 25.5. The molecule has 3 heterocycles. The van der Waals surface area contributed by atoms with Crippen molar-refractivity contribution in [3.05, 3.63) is 59.1 Å². The molecule has 2 aromatic heterocycles. The van der Waals surface area contributed by atoms with Crippen LogP contribution < -0.4 is 5.32 Å². The second kappa shape index (κ2) is 7.57. The van der Waals surface area contributed by atoms with Crippen LogP contribution in [0.3, 0.4) is 0 Å². The van der Waals surface area contributed by atoms with Crippen molar-refractivity contribution in [2.24, 2.45) is 0 Å². The number of nitrogens with zero attached hydrogens (tertiary/aromatic N) is 2. The van der Waals surface area contributed by atoms with Gasteiger partial charge in [-0.05, 0) is 43.0 Å². The van der Waals surface area contributed by atoms with Gasteiger partial charge in [0.25, 0.3) is 5.91 Å². The number of carbonyl (C=O) groups is 2. The minimum Gasteiger partial charge on any atom is -0.321 e. The first kappa shape index (κ1) is 19.5. The average Bonchev–Trinajstić information content (AvgIpc) is 3.40. The Hall–Kier alpha value is -2.78. The normalized spacial score (nSPS) is 17.9. The molecule has 4 rings (SSSR count). The molecule has 1 unspecified atom stereocenters. The number of rotatable bonds is 5. The molecule has 1 N–H and O–H groups in total. The van der Waals surface area contributed by atoms with Gasteiger partial charge >= 0.3 is 0 Å². The topological polar surface area (TPSA) is 98.1 Å². The predicted molar refractivity (Wildman–Crippen MR) is 112 cm³/mol. The lowest BCUT2D eigenvalue weighted by atomic mass is 10.1. The summed E-state index contributed by atoms with van der Waals surface area (Å²) in [6, 6.07) is 11.9. The highest BCUT2D eigenvalue weighted by Gasteiger charge is 2.32. The van der Waals surface area contributed by atoms with Gasteiger partial charge in [0.05, 0.1) is 28.1 Å². The standard InChI is InChI=1S/C20H19N3O4S2/c1-13(24)14-4-2-5-15(10-14)21-20(25)17-11-18(19-6-3-8-28-19)23(22-17)16-7-9-29(26,27)12-16/h2-6,8,10-11,16H,7,9,12H2,1H3,(H,21,25). The summed E-state index contributed by atoms with van der Waals surface area (Å²) in [5.41, 5.74) is 1.93. The molecule has 1 fully saturated rings. The number of carbonyl (C=O) groups excluding carboxylic acids is 2. The molecule has 1 saturated heterocycles. The van der Waals surface area contributed by atoms with Crippen molar-refractivity contribution in [1.82, 2.24) is 9.78 Å². The lowest BCUT2D eigenvalue weighted by Crippen LogP contribution is -2.16. The maximum atomic E-state index is 12.8. The minimum absolute atomic E-state index is 0.0226. The fourth-order valence-corrected chi connectivity index (χ4v) is 5.80. The third-order valence-corrected chi connectivity index (χ3v) is 7.47. The Kier molecular flexibility index (Phi) is 5.10. The van der Waals surface area contributed by atoms with E-state index in [1.807, 2.05) is 17.5 Å². The zero-order valence-corrected chi connectivity index (χ0v) is 17.3. The summed E-state index contributed by atoms with van der Waals surface area (Å²) in [4.78, 5) is 25.3. The van der Waals surface area contributed by atoms with Crippen LogP contribution in [-0.4, -0.2) is 41.4 Å². The third kappa shape index (κ3) is 4.15. The van der Waals surface area contributed by atoms with Crippen LogP contribution in [0.1, 0.15) is 40.2 Å². The molecule has 1 amide bonds. The zero-order chi connectivity index (χ0) is 20.6. The van der Waals surface area contributed by atoms with E-state index in [2.05, 4.69) is 10.4 Å². The molecule has 1 aliphatic rings. The molecule has 0 saturated carbocycles. The Morgan fingerprint density at radius 1 is 1.21 bits per heavy atom. The summed E-state index contributed by atoms with van der Waals surface area (Å²) in [6.07, 6.45) is 0.476. The molecule has 150 valence electrons. The zero-order valence-electron chi connectivity index (χ0n) is 15.7. The number of thiophene rings is 1. The Balaban J connectivity index is 1.66. The van der Waals surface area contributed by atoms with Crippen LogP contribution in [0.5, 0.6) is 0 Å². The van der Waals surface area contributed by atoms with Gasteiger partial charge in [0, 0.05) is 11.3 Å². The molecule has 0 spiro atoms. The Morgan fingerprint density at radius 3 is 2.69 bits per heavy atom. The van der Waals surface area contributed by atoms with E-state index in [0.29, 0.717) is 17.7 Å². The molecule has 0 aliphatic carbocycles. The van der Waals surface area contributed by atoms with Crippen LogP contribution in [-0.2, 0) is 9.84 Å². The van der Waals surface area contributed by atoms with Crippen LogP contribution >= 0.6 is 11.3 Å². The van der Waals surface area contributed by atoms with E-state index in [1.165, 1.54) is 18.3 Å². The Morgan fingerprint density at radius 2 is 2.03 bits per heavy atom. The van der Waals surface area contributed by atoms with Gasteiger partial charge in [-0.1, -0.05) is 18.2 Å². The minimum atomic E-state index is -3.09. The van der Waals surface area contributed by atoms with Crippen molar-refractivity contribution in [3.63, 3.8) is 0 Å². The van der Waals surface area contributed by atoms with Crippen LogP contribution in [0.2, 0.25) is 0 Å². The Bertz CT molecular complexity index is 1180. The summed E-state index contributed by atoms with van der Waals surface area (Å²) in [6.45, 7) is 1.46. The summed E-state index contributed by atoms with van der Waals surface area (Å²) in [5.74, 6) is -0.355. The van der Waals surface area contributed by atoms with Gasteiger partial charge in [0.15, 0.2) is 21.3 Å². The number of anilines is 1. The molecule has 3 aromatic rings. The van der Waals surface area contributed by atoms with Gasteiger partial charge in [-0.2, -0.15) is 5.10 Å². The van der Waals surface area contributed by atoms with Gasteiger partial charge in [0.1, 0.15) is 0 Å². The van der Waals surface area contributed by atoms with Crippen LogP contribution in [0.15, 0.2) is 47.8 Å². The van der Waals surface area contributed by atoms with E-state index in [1.54, 1.807) is 35.0 Å². The molecule has 1 atom stereocenters. The molecule has 1 aromatic carbocycles. The number of hydrogen-bond acceptors (Lipinski definition) is 6. The maximum absolute atomic E-state index is 12.8. The van der Waals surface area contributed by atoms with Crippen molar-refractivity contribution < 1.29 is 18.0 Å². The summed E-state index contributed by atoms with van der Waals surface area (Å²) in [7, 11) is -3.09. The molecule has 0 bridgehead atoms. The number of amides is 1. The first-order valence-corrected chi connectivity index (χ1v) is 11.8. The lowest BCUT2D eigenvalue weighted by Gasteiger charge is -2.12. The number of Topliss-reactive ketones (excluding diaryl/α,β-unsaturated/α-hetero) is 1. The number of ketones is 1. The molecule has 1 aliphatic heterocycles. The van der Waals surface area contributed by atoms with Gasteiger partial charge in [0.2, 0.25) is 0 Å². The smallest absolute Gasteiger partial charge is 0.276 e. The number of sulfone groups is 1. The lowest BCUT2D eigenvalue weighted by molar-refractivity contribution is 0.100. The quantitative estimate of drug-likeness (QED) is 0.627. The second-order valence-electron chi connectivity index (χ2n) is 6.98. The average molecular weight is 430 g/mol. The maximum Gasteiger partial charge on any atom is 0.276 e. The van der Waals surface area contributed by atoms with E-state index in [4.69, 9.17) is 0 Å². The van der Waals surface area contributed by atoms with E-state index < -0.39 is 15.7 Å². The third-order valence-electron chi connectivity index (χ3n) is 4.82. The molecular weight excluding hydrogens is 410 g/mol. The molecule has 9 heteroatoms. The van der Waals surface area contributed by atoms with Gasteiger partial charge in [-0.3, -0.25) is 14.3 Å².